The Hall–Kier alpha value is -2.58. The number of nitrogens with zero attached hydrogens (tertiary/aromatic N) is 1. The molecule has 0 radical (unpaired) electrons. The molecule has 8 heteroatoms. The fourth-order valence-corrected chi connectivity index (χ4v) is 6.24. The van der Waals surface area contributed by atoms with Crippen molar-refractivity contribution < 1.29 is 22.7 Å². The van der Waals surface area contributed by atoms with Gasteiger partial charge in [0.05, 0.1) is 19.3 Å². The number of carbonyl (C=O) groups is 1. The number of piperidine rings is 1. The van der Waals surface area contributed by atoms with Gasteiger partial charge in [0, 0.05) is 36.3 Å². The first-order valence-electron chi connectivity index (χ1n) is 11.9. The van der Waals surface area contributed by atoms with E-state index in [4.69, 9.17) is 9.47 Å². The number of anilines is 1. The van der Waals surface area contributed by atoms with Gasteiger partial charge in [-0.15, -0.1) is 0 Å². The van der Waals surface area contributed by atoms with E-state index in [0.29, 0.717) is 30.7 Å². The topological polar surface area (TPSA) is 84.9 Å². The van der Waals surface area contributed by atoms with Crippen molar-refractivity contribution in [2.24, 2.45) is 11.8 Å². The maximum Gasteiger partial charge on any atom is 0.310 e. The number of carbonyl (C=O) groups excluding carboxylic acids is 1. The molecular weight excluding hydrogens is 452 g/mol. The smallest absolute Gasteiger partial charge is 0.310 e. The molecule has 1 saturated carbocycles. The first kappa shape index (κ1) is 24.5. The molecule has 7 nitrogen and oxygen atoms in total. The molecule has 0 spiro atoms. The van der Waals surface area contributed by atoms with Crippen LogP contribution in [0.2, 0.25) is 0 Å². The van der Waals surface area contributed by atoms with Crippen molar-refractivity contribution in [1.29, 1.82) is 0 Å². The van der Waals surface area contributed by atoms with E-state index in [0.717, 1.165) is 37.4 Å². The summed E-state index contributed by atoms with van der Waals surface area (Å²) in [6.45, 7) is 7.81. The Bertz CT molecular complexity index is 1120. The Morgan fingerprint density at radius 2 is 1.85 bits per heavy atom. The minimum Gasteiger partial charge on any atom is -0.492 e. The van der Waals surface area contributed by atoms with Crippen LogP contribution in [-0.4, -0.2) is 58.4 Å². The van der Waals surface area contributed by atoms with E-state index >= 15 is 0 Å². The monoisotopic (exact) mass is 486 g/mol. The van der Waals surface area contributed by atoms with Gasteiger partial charge in [-0.25, -0.2) is 8.42 Å². The Morgan fingerprint density at radius 1 is 1.12 bits per heavy atom. The largest absolute Gasteiger partial charge is 0.492 e. The molecule has 1 aliphatic heterocycles. The molecule has 1 N–H and O–H groups in total. The molecule has 2 aromatic rings. The van der Waals surface area contributed by atoms with Gasteiger partial charge < -0.3 is 9.47 Å². The van der Waals surface area contributed by atoms with Crippen molar-refractivity contribution in [3.05, 3.63) is 59.7 Å². The van der Waals surface area contributed by atoms with Crippen molar-refractivity contribution in [2.75, 3.05) is 43.8 Å². The van der Waals surface area contributed by atoms with Crippen LogP contribution in [0.1, 0.15) is 31.4 Å². The number of nitrogens with one attached hydrogen (secondary N) is 1. The number of rotatable bonds is 11. The molecule has 0 amide bonds. The summed E-state index contributed by atoms with van der Waals surface area (Å²) < 4.78 is 37.0. The van der Waals surface area contributed by atoms with E-state index in [9.17, 15) is 13.2 Å². The molecule has 2 atom stereocenters. The highest BCUT2D eigenvalue weighted by Crippen LogP contribution is 2.65. The number of benzene rings is 2. The quantitative estimate of drug-likeness (QED) is 0.490. The van der Waals surface area contributed by atoms with E-state index < -0.39 is 10.0 Å². The summed E-state index contributed by atoms with van der Waals surface area (Å²) in [4.78, 5) is 14.3. The maximum absolute atomic E-state index is 11.9. The highest BCUT2D eigenvalue weighted by atomic mass is 32.2. The Morgan fingerprint density at radius 3 is 2.53 bits per heavy atom. The summed E-state index contributed by atoms with van der Waals surface area (Å²) >= 11 is 0. The van der Waals surface area contributed by atoms with Crippen LogP contribution in [0.5, 0.6) is 5.75 Å². The van der Waals surface area contributed by atoms with Crippen LogP contribution in [0.4, 0.5) is 5.69 Å². The van der Waals surface area contributed by atoms with E-state index in [1.807, 2.05) is 36.4 Å². The summed E-state index contributed by atoms with van der Waals surface area (Å²) in [5.74, 6) is 1.63. The number of para-hydroxylation sites is 1. The van der Waals surface area contributed by atoms with Gasteiger partial charge in [-0.3, -0.25) is 14.4 Å². The van der Waals surface area contributed by atoms with Crippen molar-refractivity contribution in [3.8, 4) is 5.75 Å². The molecular formula is C26H34N2O5S. The fraction of sp³-hybridized carbons (Fsp3) is 0.500. The summed E-state index contributed by atoms with van der Waals surface area (Å²) in [5.41, 5.74) is 2.82. The Kier molecular flexibility index (Phi) is 7.19. The number of hydrogen-bond donors (Lipinski definition) is 1. The van der Waals surface area contributed by atoms with E-state index in [1.165, 1.54) is 11.8 Å². The zero-order chi connectivity index (χ0) is 24.3. The number of likely N-dealkylation sites (tertiary alicyclic amines) is 1. The molecule has 2 unspecified atom stereocenters. The maximum atomic E-state index is 11.9. The van der Waals surface area contributed by atoms with Gasteiger partial charge in [0.15, 0.2) is 0 Å². The molecule has 0 bridgehead atoms. The molecule has 2 aromatic carbocycles. The molecule has 0 aromatic heterocycles. The Labute approximate surface area is 202 Å². The first-order chi connectivity index (χ1) is 16.3. The van der Waals surface area contributed by atoms with Crippen molar-refractivity contribution >= 4 is 21.7 Å². The highest BCUT2D eigenvalue weighted by molar-refractivity contribution is 7.92. The molecule has 1 saturated heterocycles. The number of ether oxygens (including phenoxy) is 2. The summed E-state index contributed by atoms with van der Waals surface area (Å²) in [5, 5.41) is 0. The van der Waals surface area contributed by atoms with Gasteiger partial charge in [0.25, 0.3) is 0 Å². The molecule has 184 valence electrons. The van der Waals surface area contributed by atoms with Gasteiger partial charge >= 0.3 is 5.97 Å². The first-order valence-corrected chi connectivity index (χ1v) is 13.8. The molecule has 2 fully saturated rings. The van der Waals surface area contributed by atoms with E-state index in [2.05, 4.69) is 22.6 Å². The standard InChI is InChI=1S/C26H34N2O5S/c1-4-26(20-10-8-11-21(16-20)27-34(3,30)31)22-17-28(18-23(22)26)13-14-33-24-12-7-6-9-19(24)15-25(29)32-5-2/h6-12,16,22-23,27H,4-5,13-15,17-18H2,1-3H3. The van der Waals surface area contributed by atoms with Crippen LogP contribution < -0.4 is 9.46 Å². The number of esters is 1. The highest BCUT2D eigenvalue weighted by Gasteiger charge is 2.67. The lowest BCUT2D eigenvalue weighted by Gasteiger charge is -2.27. The predicted molar refractivity (Wildman–Crippen MR) is 133 cm³/mol. The minimum atomic E-state index is -3.30. The fourth-order valence-electron chi connectivity index (χ4n) is 5.68. The minimum absolute atomic E-state index is 0.124. The van der Waals surface area contributed by atoms with Gasteiger partial charge in [0.2, 0.25) is 10.0 Å². The summed E-state index contributed by atoms with van der Waals surface area (Å²) in [6.07, 6.45) is 2.43. The van der Waals surface area contributed by atoms with Crippen LogP contribution in [0.25, 0.3) is 0 Å². The van der Waals surface area contributed by atoms with Gasteiger partial charge in [0.1, 0.15) is 12.4 Å². The van der Waals surface area contributed by atoms with Crippen LogP contribution >= 0.6 is 0 Å². The van der Waals surface area contributed by atoms with Crippen molar-refractivity contribution in [1.82, 2.24) is 4.90 Å². The van der Waals surface area contributed by atoms with Crippen LogP contribution in [0, 0.1) is 11.8 Å². The molecule has 1 aliphatic carbocycles. The molecule has 1 heterocycles. The normalized spacial score (nSPS) is 23.9. The van der Waals surface area contributed by atoms with Crippen molar-refractivity contribution in [3.63, 3.8) is 0 Å². The second-order valence-corrected chi connectivity index (χ2v) is 11.0. The van der Waals surface area contributed by atoms with Gasteiger partial charge in [-0.2, -0.15) is 0 Å². The third-order valence-corrected chi connectivity index (χ3v) is 7.78. The lowest BCUT2D eigenvalue weighted by atomic mass is 9.87. The molecule has 34 heavy (non-hydrogen) atoms. The van der Waals surface area contributed by atoms with Crippen LogP contribution in [0.15, 0.2) is 48.5 Å². The molecule has 4 rings (SSSR count). The van der Waals surface area contributed by atoms with E-state index in [1.54, 1.807) is 13.0 Å². The second-order valence-electron chi connectivity index (χ2n) is 9.26. The van der Waals surface area contributed by atoms with Crippen molar-refractivity contribution in [2.45, 2.75) is 32.1 Å². The van der Waals surface area contributed by atoms with Gasteiger partial charge in [-0.05, 0) is 48.9 Å². The third kappa shape index (κ3) is 5.23. The molecule has 2 aliphatic rings. The predicted octanol–water partition coefficient (Wildman–Crippen LogP) is 3.45. The third-order valence-electron chi connectivity index (χ3n) is 7.18. The average Bonchev–Trinajstić information content (AvgIpc) is 3.16. The summed E-state index contributed by atoms with van der Waals surface area (Å²) in [7, 11) is -3.30. The zero-order valence-electron chi connectivity index (χ0n) is 20.1. The number of sulfonamides is 1. The second kappa shape index (κ2) is 9.96. The number of hydrogen-bond acceptors (Lipinski definition) is 6. The Balaban J connectivity index is 1.32. The van der Waals surface area contributed by atoms with Crippen LogP contribution in [0.3, 0.4) is 0 Å². The lowest BCUT2D eigenvalue weighted by molar-refractivity contribution is -0.142. The van der Waals surface area contributed by atoms with E-state index in [-0.39, 0.29) is 17.8 Å². The average molecular weight is 487 g/mol. The van der Waals surface area contributed by atoms with Crippen LogP contribution in [-0.2, 0) is 31.4 Å². The summed E-state index contributed by atoms with van der Waals surface area (Å²) in [6, 6.07) is 15.5. The lowest BCUT2D eigenvalue weighted by Crippen LogP contribution is -2.33. The van der Waals surface area contributed by atoms with Gasteiger partial charge in [-0.1, -0.05) is 37.3 Å². The number of fused-ring (bicyclic) bond motifs is 1. The zero-order valence-corrected chi connectivity index (χ0v) is 20.9. The SMILES string of the molecule is CCOC(=O)Cc1ccccc1OCCN1CC2C(C1)C2(CC)c1cccc(NS(C)(=O)=O)c1.